The van der Waals surface area contributed by atoms with Crippen molar-refractivity contribution in [1.29, 1.82) is 0 Å². The van der Waals surface area contributed by atoms with Crippen LogP contribution in [0, 0.1) is 11.8 Å². The molecule has 0 N–H and O–H groups in total. The molecule has 3 aliphatic rings. The quantitative estimate of drug-likeness (QED) is 0.557. The highest BCUT2D eigenvalue weighted by Gasteiger charge is 2.38. The number of fused-ring (bicyclic) bond motifs is 2. The molecule has 0 aromatic rings. The Morgan fingerprint density at radius 1 is 0.692 bits per heavy atom. The first-order chi connectivity index (χ1) is 6.43. The van der Waals surface area contributed by atoms with Crippen LogP contribution in [-0.4, -0.2) is 10.5 Å². The molecule has 0 radical (unpaired) electrons. The van der Waals surface area contributed by atoms with E-state index in [0.29, 0.717) is 0 Å². The average molecular weight is 214 g/mol. The average Bonchev–Trinajstić information content (AvgIpc) is 2.72. The van der Waals surface area contributed by atoms with E-state index < -0.39 is 0 Å². The molecule has 13 heavy (non-hydrogen) atoms. The highest BCUT2D eigenvalue weighted by molar-refractivity contribution is 8.77. The van der Waals surface area contributed by atoms with E-state index in [1.54, 1.807) is 19.3 Å². The fourth-order valence-electron chi connectivity index (χ4n) is 3.33. The molecule has 3 unspecified atom stereocenters. The van der Waals surface area contributed by atoms with Gasteiger partial charge >= 0.3 is 0 Å². The maximum absolute atomic E-state index is 2.25. The Morgan fingerprint density at radius 2 is 1.23 bits per heavy atom. The molecule has 0 aromatic heterocycles. The predicted octanol–water partition coefficient (Wildman–Crippen LogP) is 4.11. The minimum atomic E-state index is 1.04. The first-order valence-electron chi connectivity index (χ1n) is 5.75. The molecule has 0 aromatic carbocycles. The molecule has 74 valence electrons. The van der Waals surface area contributed by atoms with Crippen molar-refractivity contribution in [2.24, 2.45) is 11.8 Å². The monoisotopic (exact) mass is 214 g/mol. The van der Waals surface area contributed by atoms with Crippen LogP contribution in [0.25, 0.3) is 0 Å². The number of rotatable bonds is 0. The smallest absolute Gasteiger partial charge is 0.0179 e. The molecule has 2 saturated carbocycles. The summed E-state index contributed by atoms with van der Waals surface area (Å²) in [6, 6.07) is 0. The van der Waals surface area contributed by atoms with Gasteiger partial charge in [0.2, 0.25) is 0 Å². The minimum Gasteiger partial charge on any atom is -0.0901 e. The van der Waals surface area contributed by atoms with Gasteiger partial charge in [-0.05, 0) is 43.9 Å². The fourth-order valence-corrected chi connectivity index (χ4v) is 7.33. The standard InChI is InChI=1S/C11H18S2/c1-3-8-7-9-4-2-6-11(9)13-12-10(8)5-1/h8-11H,1-7H2/t8?,9?,10-,11?/m1/s1. The molecule has 0 bridgehead atoms. The maximum Gasteiger partial charge on any atom is 0.0179 e. The van der Waals surface area contributed by atoms with Crippen LogP contribution in [0.1, 0.15) is 44.9 Å². The Labute approximate surface area is 89.0 Å². The van der Waals surface area contributed by atoms with Gasteiger partial charge in [-0.2, -0.15) is 0 Å². The zero-order chi connectivity index (χ0) is 8.67. The van der Waals surface area contributed by atoms with Crippen LogP contribution in [0.5, 0.6) is 0 Å². The molecule has 4 atom stereocenters. The Hall–Kier alpha value is 0.700. The number of hydrogen-bond acceptors (Lipinski definition) is 2. The molecule has 0 nitrogen and oxygen atoms in total. The largest absolute Gasteiger partial charge is 0.0901 e. The van der Waals surface area contributed by atoms with Crippen LogP contribution in [0.3, 0.4) is 0 Å². The summed E-state index contributed by atoms with van der Waals surface area (Å²) >= 11 is 0. The predicted molar refractivity (Wildman–Crippen MR) is 62.1 cm³/mol. The van der Waals surface area contributed by atoms with Gasteiger partial charge < -0.3 is 0 Å². The Morgan fingerprint density at radius 3 is 1.77 bits per heavy atom. The normalized spacial score (nSPS) is 49.8. The van der Waals surface area contributed by atoms with E-state index >= 15 is 0 Å². The second kappa shape index (κ2) is 3.69. The summed E-state index contributed by atoms with van der Waals surface area (Å²) in [6.07, 6.45) is 10.7. The van der Waals surface area contributed by atoms with Crippen LogP contribution in [0.15, 0.2) is 0 Å². The van der Waals surface area contributed by atoms with Gasteiger partial charge in [-0.15, -0.1) is 0 Å². The van der Waals surface area contributed by atoms with E-state index in [9.17, 15) is 0 Å². The lowest BCUT2D eigenvalue weighted by Gasteiger charge is -2.17. The van der Waals surface area contributed by atoms with E-state index in [4.69, 9.17) is 0 Å². The van der Waals surface area contributed by atoms with Gasteiger partial charge in [0, 0.05) is 10.5 Å². The fraction of sp³-hybridized carbons (Fsp3) is 1.00. The van der Waals surface area contributed by atoms with E-state index in [-0.39, 0.29) is 0 Å². The van der Waals surface area contributed by atoms with Crippen LogP contribution < -0.4 is 0 Å². The van der Waals surface area contributed by atoms with Gasteiger partial charge in [0.05, 0.1) is 0 Å². The maximum atomic E-state index is 2.25. The molecule has 0 spiro atoms. The van der Waals surface area contributed by atoms with Crippen molar-refractivity contribution < 1.29 is 0 Å². The van der Waals surface area contributed by atoms with Crippen molar-refractivity contribution in [3.05, 3.63) is 0 Å². The highest BCUT2D eigenvalue weighted by Crippen LogP contribution is 2.54. The Balaban J connectivity index is 1.73. The van der Waals surface area contributed by atoms with Gasteiger partial charge in [0.25, 0.3) is 0 Å². The summed E-state index contributed by atoms with van der Waals surface area (Å²) in [4.78, 5) is 0. The van der Waals surface area contributed by atoms with Gasteiger partial charge in [0.1, 0.15) is 0 Å². The zero-order valence-electron chi connectivity index (χ0n) is 8.08. The molecule has 2 aliphatic carbocycles. The molecule has 1 saturated heterocycles. The van der Waals surface area contributed by atoms with Crippen LogP contribution in [0.2, 0.25) is 0 Å². The van der Waals surface area contributed by atoms with Crippen molar-refractivity contribution in [2.45, 2.75) is 55.4 Å². The van der Waals surface area contributed by atoms with Crippen molar-refractivity contribution in [3.8, 4) is 0 Å². The van der Waals surface area contributed by atoms with Crippen LogP contribution >= 0.6 is 21.6 Å². The summed E-state index contributed by atoms with van der Waals surface area (Å²) in [7, 11) is 4.50. The summed E-state index contributed by atoms with van der Waals surface area (Å²) in [6.45, 7) is 0. The van der Waals surface area contributed by atoms with E-state index in [2.05, 4.69) is 21.6 Å². The van der Waals surface area contributed by atoms with Gasteiger partial charge in [-0.3, -0.25) is 0 Å². The second-order valence-electron chi connectivity index (χ2n) is 4.89. The number of hydrogen-bond donors (Lipinski definition) is 0. The van der Waals surface area contributed by atoms with Crippen molar-refractivity contribution in [1.82, 2.24) is 0 Å². The molecule has 0 amide bonds. The van der Waals surface area contributed by atoms with E-state index in [1.165, 1.54) is 25.7 Å². The summed E-state index contributed by atoms with van der Waals surface area (Å²) in [5, 5.41) is 2.08. The lowest BCUT2D eigenvalue weighted by molar-refractivity contribution is 0.396. The first-order valence-corrected chi connectivity index (χ1v) is 8.03. The summed E-state index contributed by atoms with van der Waals surface area (Å²) in [5.74, 6) is 2.20. The minimum absolute atomic E-state index is 1.04. The second-order valence-corrected chi connectivity index (χ2v) is 7.64. The highest BCUT2D eigenvalue weighted by atomic mass is 33.1. The third-order valence-electron chi connectivity index (χ3n) is 4.09. The Bertz CT molecular complexity index is 173. The van der Waals surface area contributed by atoms with Crippen molar-refractivity contribution in [3.63, 3.8) is 0 Å². The van der Waals surface area contributed by atoms with Gasteiger partial charge in [-0.1, -0.05) is 34.4 Å². The van der Waals surface area contributed by atoms with Crippen LogP contribution in [-0.2, 0) is 0 Å². The zero-order valence-corrected chi connectivity index (χ0v) is 9.71. The molecular weight excluding hydrogens is 196 g/mol. The molecule has 3 fully saturated rings. The van der Waals surface area contributed by atoms with Crippen LogP contribution in [0.4, 0.5) is 0 Å². The van der Waals surface area contributed by atoms with Crippen molar-refractivity contribution >= 4 is 21.6 Å². The molecule has 1 heterocycles. The topological polar surface area (TPSA) is 0 Å². The van der Waals surface area contributed by atoms with Crippen molar-refractivity contribution in [2.75, 3.05) is 0 Å². The molecule has 3 rings (SSSR count). The summed E-state index contributed by atoms with van der Waals surface area (Å²) in [5.41, 5.74) is 0. The van der Waals surface area contributed by atoms with Gasteiger partial charge in [-0.25, -0.2) is 0 Å². The third-order valence-corrected chi connectivity index (χ3v) is 7.75. The van der Waals surface area contributed by atoms with Gasteiger partial charge in [0.15, 0.2) is 0 Å². The van der Waals surface area contributed by atoms with E-state index in [1.807, 2.05) is 0 Å². The summed E-state index contributed by atoms with van der Waals surface area (Å²) < 4.78 is 0. The van der Waals surface area contributed by atoms with E-state index in [0.717, 1.165) is 22.3 Å². The molecule has 1 aliphatic heterocycles. The third kappa shape index (κ3) is 1.65. The lowest BCUT2D eigenvalue weighted by Crippen LogP contribution is -2.13. The molecule has 2 heteroatoms. The lowest BCUT2D eigenvalue weighted by atomic mass is 9.92. The first kappa shape index (κ1) is 8.96. The Kier molecular flexibility index (Phi) is 2.55. The SMILES string of the molecule is C1CC2CC3CCC[C@H]3SSC2C1. The molecular formula is C11H18S2.